The van der Waals surface area contributed by atoms with Gasteiger partial charge in [0.05, 0.1) is 11.6 Å². The Bertz CT molecular complexity index is 1050. The molecule has 0 atom stereocenters. The molecule has 4 rings (SSSR count). The first-order valence-corrected chi connectivity index (χ1v) is 10.1. The maximum Gasteiger partial charge on any atom is 0.411 e. The minimum absolute atomic E-state index is 0.130. The third-order valence-corrected chi connectivity index (χ3v) is 6.56. The molecule has 0 bridgehead atoms. The van der Waals surface area contributed by atoms with Crippen LogP contribution in [0.2, 0.25) is 5.02 Å². The third kappa shape index (κ3) is 3.39. The fraction of sp³-hybridized carbons (Fsp3) is 0.238. The number of aliphatic hydroxyl groups is 1. The molecule has 144 valence electrons. The van der Waals surface area contributed by atoms with Gasteiger partial charge in [0.25, 0.3) is 0 Å². The molecule has 1 aromatic carbocycles. The Morgan fingerprint density at radius 3 is 2.68 bits per heavy atom. The highest BCUT2D eigenvalue weighted by Crippen LogP contribution is 2.47. The standard InChI is InChI=1S/C21H19ClN2O3S/c1-24(20(26)27)15-2-3-16(17(22)10-15)18-8-14(11-28-18)13-4-7-23-19(9-13)21(12-25)5-6-21/h2-4,7-11,25H,5-6,12H2,1H3,(H,26,27). The van der Waals surface area contributed by atoms with Gasteiger partial charge in [0.15, 0.2) is 0 Å². The summed E-state index contributed by atoms with van der Waals surface area (Å²) < 4.78 is 0. The average Bonchev–Trinajstić information content (AvgIpc) is 3.36. The number of carbonyl (C=O) groups is 1. The molecule has 1 aliphatic rings. The summed E-state index contributed by atoms with van der Waals surface area (Å²) in [5.74, 6) is 0. The van der Waals surface area contributed by atoms with Crippen molar-refractivity contribution >= 4 is 34.7 Å². The molecule has 0 aliphatic heterocycles. The van der Waals surface area contributed by atoms with E-state index in [9.17, 15) is 9.90 Å². The molecule has 2 aromatic heterocycles. The van der Waals surface area contributed by atoms with Crippen LogP contribution in [0.3, 0.4) is 0 Å². The second-order valence-corrected chi connectivity index (χ2v) is 8.39. The molecule has 0 radical (unpaired) electrons. The van der Waals surface area contributed by atoms with E-state index in [1.54, 1.807) is 29.7 Å². The lowest BCUT2D eigenvalue weighted by atomic mass is 9.99. The van der Waals surface area contributed by atoms with E-state index in [1.807, 2.05) is 12.1 Å². The van der Waals surface area contributed by atoms with Gasteiger partial charge in [-0.2, -0.15) is 0 Å². The number of amides is 1. The van der Waals surface area contributed by atoms with Crippen molar-refractivity contribution in [3.8, 4) is 21.6 Å². The molecular weight excluding hydrogens is 396 g/mol. The van der Waals surface area contributed by atoms with Crippen molar-refractivity contribution in [3.63, 3.8) is 0 Å². The minimum Gasteiger partial charge on any atom is -0.465 e. The number of pyridine rings is 1. The molecule has 0 unspecified atom stereocenters. The Hall–Kier alpha value is -2.41. The highest BCUT2D eigenvalue weighted by Gasteiger charge is 2.45. The molecule has 28 heavy (non-hydrogen) atoms. The molecule has 0 spiro atoms. The summed E-state index contributed by atoms with van der Waals surface area (Å²) in [6.07, 6.45) is 2.71. The van der Waals surface area contributed by atoms with Crippen LogP contribution in [0, 0.1) is 0 Å². The molecule has 3 aromatic rings. The van der Waals surface area contributed by atoms with Gasteiger partial charge in [-0.15, -0.1) is 11.3 Å². The molecule has 7 heteroatoms. The minimum atomic E-state index is -1.04. The van der Waals surface area contributed by atoms with Crippen LogP contribution >= 0.6 is 22.9 Å². The maximum absolute atomic E-state index is 11.1. The van der Waals surface area contributed by atoms with E-state index in [4.69, 9.17) is 16.7 Å². The first kappa shape index (κ1) is 18.9. The van der Waals surface area contributed by atoms with Gasteiger partial charge in [0.1, 0.15) is 0 Å². The van der Waals surface area contributed by atoms with Crippen molar-refractivity contribution in [2.45, 2.75) is 18.3 Å². The molecule has 2 heterocycles. The number of carboxylic acid groups (broad SMARTS) is 1. The molecule has 1 fully saturated rings. The van der Waals surface area contributed by atoms with Crippen molar-refractivity contribution < 1.29 is 15.0 Å². The molecule has 1 saturated carbocycles. The quantitative estimate of drug-likeness (QED) is 0.596. The average molecular weight is 415 g/mol. The number of hydrogen-bond donors (Lipinski definition) is 2. The van der Waals surface area contributed by atoms with E-state index in [-0.39, 0.29) is 12.0 Å². The summed E-state index contributed by atoms with van der Waals surface area (Å²) in [7, 11) is 1.48. The molecule has 2 N–H and O–H groups in total. The Morgan fingerprint density at radius 2 is 2.04 bits per heavy atom. The zero-order valence-corrected chi connectivity index (χ0v) is 16.8. The summed E-state index contributed by atoms with van der Waals surface area (Å²) >= 11 is 8.01. The van der Waals surface area contributed by atoms with E-state index in [1.165, 1.54) is 7.05 Å². The molecule has 1 aliphatic carbocycles. The van der Waals surface area contributed by atoms with Crippen LogP contribution in [0.25, 0.3) is 21.6 Å². The Kier molecular flexibility index (Phi) is 4.87. The summed E-state index contributed by atoms with van der Waals surface area (Å²) in [6.45, 7) is 0.130. The van der Waals surface area contributed by atoms with Gasteiger partial charge >= 0.3 is 6.09 Å². The van der Waals surface area contributed by atoms with Crippen LogP contribution in [0.15, 0.2) is 48.0 Å². The van der Waals surface area contributed by atoms with Crippen molar-refractivity contribution in [3.05, 3.63) is 58.7 Å². The van der Waals surface area contributed by atoms with Crippen LogP contribution < -0.4 is 4.90 Å². The first-order valence-electron chi connectivity index (χ1n) is 8.86. The zero-order chi connectivity index (χ0) is 19.9. The van der Waals surface area contributed by atoms with Gasteiger partial charge in [-0.25, -0.2) is 4.79 Å². The molecular formula is C21H19ClN2O3S. The van der Waals surface area contributed by atoms with Gasteiger partial charge in [0, 0.05) is 40.5 Å². The summed E-state index contributed by atoms with van der Waals surface area (Å²) in [5, 5.41) is 21.3. The van der Waals surface area contributed by atoms with Crippen LogP contribution in [0.1, 0.15) is 18.5 Å². The largest absolute Gasteiger partial charge is 0.465 e. The van der Waals surface area contributed by atoms with Crippen LogP contribution in [0.5, 0.6) is 0 Å². The second kappa shape index (κ2) is 7.20. The predicted molar refractivity (Wildman–Crippen MR) is 112 cm³/mol. The van der Waals surface area contributed by atoms with Crippen LogP contribution in [-0.2, 0) is 5.41 Å². The van der Waals surface area contributed by atoms with Gasteiger partial charge in [-0.05, 0) is 65.7 Å². The summed E-state index contributed by atoms with van der Waals surface area (Å²) in [4.78, 5) is 17.7. The lowest BCUT2D eigenvalue weighted by Crippen LogP contribution is -2.23. The lowest BCUT2D eigenvalue weighted by Gasteiger charge is -2.14. The monoisotopic (exact) mass is 414 g/mol. The summed E-state index contributed by atoms with van der Waals surface area (Å²) in [6, 6.07) is 11.3. The predicted octanol–water partition coefficient (Wildman–Crippen LogP) is 5.27. The third-order valence-electron chi connectivity index (χ3n) is 5.28. The number of aromatic nitrogens is 1. The number of hydrogen-bond acceptors (Lipinski definition) is 4. The number of aliphatic hydroxyl groups excluding tert-OH is 1. The smallest absolute Gasteiger partial charge is 0.411 e. The van der Waals surface area contributed by atoms with Crippen molar-refractivity contribution in [1.29, 1.82) is 0 Å². The number of halogens is 1. The normalized spacial score (nSPS) is 14.7. The van der Waals surface area contributed by atoms with Gasteiger partial charge in [-0.3, -0.25) is 9.88 Å². The van der Waals surface area contributed by atoms with E-state index in [2.05, 4.69) is 22.5 Å². The van der Waals surface area contributed by atoms with Crippen LogP contribution in [0.4, 0.5) is 10.5 Å². The Balaban J connectivity index is 1.64. The number of nitrogens with zero attached hydrogens (tertiary/aromatic N) is 2. The fourth-order valence-electron chi connectivity index (χ4n) is 3.20. The number of rotatable bonds is 5. The molecule has 0 saturated heterocycles. The van der Waals surface area contributed by atoms with E-state index in [0.29, 0.717) is 10.7 Å². The van der Waals surface area contributed by atoms with Crippen LogP contribution in [-0.4, -0.2) is 34.9 Å². The van der Waals surface area contributed by atoms with Gasteiger partial charge in [0.2, 0.25) is 0 Å². The van der Waals surface area contributed by atoms with Gasteiger partial charge in [-0.1, -0.05) is 11.6 Å². The van der Waals surface area contributed by atoms with Gasteiger partial charge < -0.3 is 10.2 Å². The fourth-order valence-corrected chi connectivity index (χ4v) is 4.49. The zero-order valence-electron chi connectivity index (χ0n) is 15.2. The topological polar surface area (TPSA) is 73.7 Å². The Labute approximate surface area is 171 Å². The molecule has 1 amide bonds. The number of anilines is 1. The number of thiophene rings is 1. The van der Waals surface area contributed by atoms with Crippen molar-refractivity contribution in [2.24, 2.45) is 0 Å². The summed E-state index contributed by atoms with van der Waals surface area (Å²) in [5.41, 5.74) is 4.30. The SMILES string of the molecule is CN(C(=O)O)c1ccc(-c2cc(-c3ccnc(C4(CO)CC4)c3)cs2)c(Cl)c1. The maximum atomic E-state index is 11.1. The highest BCUT2D eigenvalue weighted by molar-refractivity contribution is 7.14. The number of benzene rings is 1. The van der Waals surface area contributed by atoms with Crippen molar-refractivity contribution in [1.82, 2.24) is 4.98 Å². The van der Waals surface area contributed by atoms with Crippen molar-refractivity contribution in [2.75, 3.05) is 18.6 Å². The van der Waals surface area contributed by atoms with E-state index >= 15 is 0 Å². The molecule has 5 nitrogen and oxygen atoms in total. The van der Waals surface area contributed by atoms with E-state index in [0.717, 1.165) is 45.0 Å². The highest BCUT2D eigenvalue weighted by atomic mass is 35.5. The Morgan fingerprint density at radius 1 is 1.25 bits per heavy atom. The second-order valence-electron chi connectivity index (χ2n) is 7.07. The lowest BCUT2D eigenvalue weighted by molar-refractivity contribution is 0.203. The van der Waals surface area contributed by atoms with E-state index < -0.39 is 6.09 Å². The first-order chi connectivity index (χ1) is 13.4.